The van der Waals surface area contributed by atoms with E-state index in [9.17, 15) is 9.90 Å². The zero-order valence-electron chi connectivity index (χ0n) is 13.7. The number of hydrogen-bond acceptors (Lipinski definition) is 4. The van der Waals surface area contributed by atoms with Gasteiger partial charge in [-0.3, -0.25) is 0 Å². The first kappa shape index (κ1) is 17.2. The SMILES string of the molecule is CC(C)(C)OC(=O)C(N)c1cc(-c2ccccc2)ccc1CO. The molecule has 122 valence electrons. The third kappa shape index (κ3) is 4.41. The van der Waals surface area contributed by atoms with E-state index in [0.717, 1.165) is 11.1 Å². The lowest BCUT2D eigenvalue weighted by atomic mass is 9.95. The van der Waals surface area contributed by atoms with Crippen LogP contribution in [-0.2, 0) is 16.1 Å². The van der Waals surface area contributed by atoms with Gasteiger partial charge in [-0.15, -0.1) is 0 Å². The quantitative estimate of drug-likeness (QED) is 0.850. The molecule has 0 aliphatic heterocycles. The highest BCUT2D eigenvalue weighted by Gasteiger charge is 2.25. The zero-order chi connectivity index (χ0) is 17.0. The van der Waals surface area contributed by atoms with Gasteiger partial charge in [0.25, 0.3) is 0 Å². The molecule has 0 aliphatic rings. The first-order valence-electron chi connectivity index (χ1n) is 7.59. The molecule has 2 aromatic carbocycles. The molecule has 0 aliphatic carbocycles. The number of aliphatic hydroxyl groups excluding tert-OH is 1. The van der Waals surface area contributed by atoms with E-state index in [2.05, 4.69) is 0 Å². The lowest BCUT2D eigenvalue weighted by Crippen LogP contribution is -2.32. The van der Waals surface area contributed by atoms with Gasteiger partial charge in [-0.2, -0.15) is 0 Å². The van der Waals surface area contributed by atoms with Gasteiger partial charge in [-0.25, -0.2) is 4.79 Å². The summed E-state index contributed by atoms with van der Waals surface area (Å²) in [6.07, 6.45) is 0. The Labute approximate surface area is 136 Å². The average molecular weight is 313 g/mol. The Morgan fingerprint density at radius 1 is 1.13 bits per heavy atom. The number of nitrogens with two attached hydrogens (primary N) is 1. The van der Waals surface area contributed by atoms with Crippen LogP contribution in [0.3, 0.4) is 0 Å². The minimum Gasteiger partial charge on any atom is -0.459 e. The summed E-state index contributed by atoms with van der Waals surface area (Å²) in [5.74, 6) is -0.502. The Hall–Kier alpha value is -2.17. The largest absolute Gasteiger partial charge is 0.459 e. The van der Waals surface area contributed by atoms with Crippen LogP contribution in [0.15, 0.2) is 48.5 Å². The number of rotatable bonds is 4. The third-order valence-electron chi connectivity index (χ3n) is 3.42. The fraction of sp³-hybridized carbons (Fsp3) is 0.316. The van der Waals surface area contributed by atoms with Crippen LogP contribution in [0.4, 0.5) is 0 Å². The van der Waals surface area contributed by atoms with Crippen LogP contribution < -0.4 is 5.73 Å². The lowest BCUT2D eigenvalue weighted by molar-refractivity contribution is -0.156. The van der Waals surface area contributed by atoms with Gasteiger partial charge in [0.15, 0.2) is 0 Å². The minimum atomic E-state index is -0.931. The van der Waals surface area contributed by atoms with Gasteiger partial charge in [0.05, 0.1) is 6.61 Å². The molecule has 0 bridgehead atoms. The number of carbonyl (C=O) groups is 1. The molecule has 3 N–H and O–H groups in total. The molecule has 1 unspecified atom stereocenters. The maximum atomic E-state index is 12.2. The number of benzene rings is 2. The van der Waals surface area contributed by atoms with Crippen LogP contribution in [0.5, 0.6) is 0 Å². The van der Waals surface area contributed by atoms with Crippen molar-refractivity contribution in [3.05, 3.63) is 59.7 Å². The van der Waals surface area contributed by atoms with E-state index in [4.69, 9.17) is 10.5 Å². The second kappa shape index (κ2) is 6.94. The van der Waals surface area contributed by atoms with E-state index in [1.54, 1.807) is 26.8 Å². The van der Waals surface area contributed by atoms with Crippen molar-refractivity contribution in [2.24, 2.45) is 5.73 Å². The molecular formula is C19H23NO3. The Bertz CT molecular complexity index is 675. The molecular weight excluding hydrogens is 290 g/mol. The summed E-state index contributed by atoms with van der Waals surface area (Å²) in [4.78, 5) is 12.2. The molecule has 1 atom stereocenters. The van der Waals surface area contributed by atoms with Crippen molar-refractivity contribution in [2.45, 2.75) is 39.0 Å². The normalized spacial score (nSPS) is 12.7. The monoisotopic (exact) mass is 313 g/mol. The van der Waals surface area contributed by atoms with Crippen LogP contribution in [0.2, 0.25) is 0 Å². The van der Waals surface area contributed by atoms with Crippen molar-refractivity contribution < 1.29 is 14.6 Å². The fourth-order valence-electron chi connectivity index (χ4n) is 2.33. The summed E-state index contributed by atoms with van der Waals surface area (Å²) in [6.45, 7) is 5.21. The van der Waals surface area contributed by atoms with Crippen LogP contribution >= 0.6 is 0 Å². The van der Waals surface area contributed by atoms with Crippen LogP contribution in [0.1, 0.15) is 37.9 Å². The third-order valence-corrected chi connectivity index (χ3v) is 3.42. The smallest absolute Gasteiger partial charge is 0.328 e. The second-order valence-corrected chi connectivity index (χ2v) is 6.45. The van der Waals surface area contributed by atoms with E-state index < -0.39 is 17.6 Å². The van der Waals surface area contributed by atoms with E-state index >= 15 is 0 Å². The van der Waals surface area contributed by atoms with E-state index in [1.165, 1.54) is 0 Å². The molecule has 0 aromatic heterocycles. The van der Waals surface area contributed by atoms with Crippen LogP contribution in [-0.4, -0.2) is 16.7 Å². The fourth-order valence-corrected chi connectivity index (χ4v) is 2.33. The summed E-state index contributed by atoms with van der Waals surface area (Å²) in [6, 6.07) is 14.4. The minimum absolute atomic E-state index is 0.180. The Kier molecular flexibility index (Phi) is 5.19. The molecule has 23 heavy (non-hydrogen) atoms. The Morgan fingerprint density at radius 3 is 2.35 bits per heavy atom. The van der Waals surface area contributed by atoms with Crippen molar-refractivity contribution in [1.29, 1.82) is 0 Å². The van der Waals surface area contributed by atoms with Crippen molar-refractivity contribution in [3.63, 3.8) is 0 Å². The Morgan fingerprint density at radius 2 is 1.78 bits per heavy atom. The number of ether oxygens (including phenoxy) is 1. The summed E-state index contributed by atoms with van der Waals surface area (Å²) < 4.78 is 5.35. The molecule has 0 fully saturated rings. The highest BCUT2D eigenvalue weighted by atomic mass is 16.6. The molecule has 0 saturated heterocycles. The van der Waals surface area contributed by atoms with Crippen LogP contribution in [0.25, 0.3) is 11.1 Å². The number of esters is 1. The number of hydrogen-bond donors (Lipinski definition) is 2. The number of carbonyl (C=O) groups excluding carboxylic acids is 1. The second-order valence-electron chi connectivity index (χ2n) is 6.45. The Balaban J connectivity index is 2.38. The topological polar surface area (TPSA) is 72.5 Å². The van der Waals surface area contributed by atoms with Gasteiger partial charge >= 0.3 is 5.97 Å². The molecule has 0 amide bonds. The summed E-state index contributed by atoms with van der Waals surface area (Å²) >= 11 is 0. The molecule has 4 heteroatoms. The van der Waals surface area contributed by atoms with Crippen molar-refractivity contribution in [1.82, 2.24) is 0 Å². The predicted molar refractivity (Wildman–Crippen MR) is 90.6 cm³/mol. The lowest BCUT2D eigenvalue weighted by Gasteiger charge is -2.23. The van der Waals surface area contributed by atoms with E-state index in [1.807, 2.05) is 42.5 Å². The van der Waals surface area contributed by atoms with Crippen molar-refractivity contribution in [3.8, 4) is 11.1 Å². The maximum absolute atomic E-state index is 12.2. The molecule has 4 nitrogen and oxygen atoms in total. The average Bonchev–Trinajstić information content (AvgIpc) is 2.52. The van der Waals surface area contributed by atoms with Gasteiger partial charge in [-0.05, 0) is 49.1 Å². The van der Waals surface area contributed by atoms with Crippen molar-refractivity contribution in [2.75, 3.05) is 0 Å². The highest BCUT2D eigenvalue weighted by Crippen LogP contribution is 2.27. The van der Waals surface area contributed by atoms with Crippen LogP contribution in [0, 0.1) is 0 Å². The summed E-state index contributed by atoms with van der Waals surface area (Å²) in [7, 11) is 0. The van der Waals surface area contributed by atoms with Gasteiger partial charge in [0.1, 0.15) is 11.6 Å². The molecule has 2 aromatic rings. The summed E-state index contributed by atoms with van der Waals surface area (Å²) in [5.41, 5.74) is 8.66. The van der Waals surface area contributed by atoms with Gasteiger partial charge < -0.3 is 15.6 Å². The number of aliphatic hydroxyl groups is 1. The van der Waals surface area contributed by atoms with Crippen molar-refractivity contribution >= 4 is 5.97 Å². The molecule has 0 heterocycles. The van der Waals surface area contributed by atoms with E-state index in [-0.39, 0.29) is 6.61 Å². The molecule has 0 radical (unpaired) electrons. The zero-order valence-corrected chi connectivity index (χ0v) is 13.7. The standard InChI is InChI=1S/C19H23NO3/c1-19(2,3)23-18(22)17(20)16-11-14(9-10-15(16)12-21)13-7-5-4-6-8-13/h4-11,17,21H,12,20H2,1-3H3. The van der Waals surface area contributed by atoms with Gasteiger partial charge in [-0.1, -0.05) is 42.5 Å². The first-order valence-corrected chi connectivity index (χ1v) is 7.59. The molecule has 0 spiro atoms. The van der Waals surface area contributed by atoms with E-state index in [0.29, 0.717) is 11.1 Å². The molecule has 2 rings (SSSR count). The van der Waals surface area contributed by atoms with Gasteiger partial charge in [0, 0.05) is 0 Å². The predicted octanol–water partition coefficient (Wildman–Crippen LogP) is 3.19. The molecule has 0 saturated carbocycles. The maximum Gasteiger partial charge on any atom is 0.328 e. The highest BCUT2D eigenvalue weighted by molar-refractivity contribution is 5.79. The first-order chi connectivity index (χ1) is 10.8. The van der Waals surface area contributed by atoms with Gasteiger partial charge in [0.2, 0.25) is 0 Å². The summed E-state index contributed by atoms with van der Waals surface area (Å²) in [5, 5.41) is 9.54.